The van der Waals surface area contributed by atoms with Crippen LogP contribution in [-0.2, 0) is 6.61 Å². The lowest BCUT2D eigenvalue weighted by molar-refractivity contribution is 0.0924. The Morgan fingerprint density at radius 2 is 2.00 bits per heavy atom. The molecule has 0 saturated heterocycles. The van der Waals surface area contributed by atoms with Crippen molar-refractivity contribution in [2.45, 2.75) is 6.61 Å². The lowest BCUT2D eigenvalue weighted by Gasteiger charge is -2.04. The van der Waals surface area contributed by atoms with Crippen molar-refractivity contribution in [3.8, 4) is 5.75 Å². The second kappa shape index (κ2) is 7.40. The summed E-state index contributed by atoms with van der Waals surface area (Å²) in [6.45, 7) is 0.787. The van der Waals surface area contributed by atoms with Gasteiger partial charge in [0.05, 0.1) is 0 Å². The summed E-state index contributed by atoms with van der Waals surface area (Å²) in [5, 5.41) is 2.69. The molecule has 2 rings (SSSR count). The van der Waals surface area contributed by atoms with E-state index < -0.39 is 0 Å². The monoisotopic (exact) mass is 355 g/mol. The molecule has 6 heteroatoms. The number of rotatable bonds is 6. The van der Waals surface area contributed by atoms with Crippen LogP contribution in [0.25, 0.3) is 0 Å². The molecule has 4 nitrogen and oxygen atoms in total. The molecule has 2 aromatic rings. The van der Waals surface area contributed by atoms with Gasteiger partial charge in [0.25, 0.3) is 5.91 Å². The van der Waals surface area contributed by atoms with Gasteiger partial charge in [0.1, 0.15) is 18.1 Å². The highest BCUT2D eigenvalue weighted by molar-refractivity contribution is 9.10. The van der Waals surface area contributed by atoms with Gasteiger partial charge in [0.2, 0.25) is 0 Å². The number of amides is 1. The number of furan rings is 1. The van der Waals surface area contributed by atoms with Crippen LogP contribution >= 0.6 is 28.6 Å². The largest absolute Gasteiger partial charge is 0.486 e. The van der Waals surface area contributed by atoms with E-state index in [9.17, 15) is 4.79 Å². The lowest BCUT2D eigenvalue weighted by Crippen LogP contribution is -2.24. The molecule has 0 spiro atoms. The molecule has 106 valence electrons. The first-order valence-corrected chi connectivity index (χ1v) is 7.47. The summed E-state index contributed by atoms with van der Waals surface area (Å²) in [6, 6.07) is 10.9. The average Bonchev–Trinajstić information content (AvgIpc) is 2.93. The standard InChI is InChI=1S/C14H14BrNO3S/c15-10-1-3-11(4-2-10)18-9-12-5-6-13(19-12)14(17)16-7-8-20/h1-6,20H,7-9H2,(H,16,17). The molecular formula is C14H14BrNO3S. The molecule has 1 heterocycles. The van der Waals surface area contributed by atoms with Crippen molar-refractivity contribution in [2.24, 2.45) is 0 Å². The first-order chi connectivity index (χ1) is 9.69. The molecular weight excluding hydrogens is 342 g/mol. The van der Waals surface area contributed by atoms with E-state index in [1.165, 1.54) is 0 Å². The van der Waals surface area contributed by atoms with Crippen LogP contribution in [0, 0.1) is 0 Å². The summed E-state index contributed by atoms with van der Waals surface area (Å²) in [5.74, 6) is 1.97. The summed E-state index contributed by atoms with van der Waals surface area (Å²) in [6.07, 6.45) is 0. The van der Waals surface area contributed by atoms with Crippen LogP contribution in [0.4, 0.5) is 0 Å². The maximum atomic E-state index is 11.6. The highest BCUT2D eigenvalue weighted by atomic mass is 79.9. The van der Waals surface area contributed by atoms with Gasteiger partial charge < -0.3 is 14.5 Å². The van der Waals surface area contributed by atoms with E-state index in [-0.39, 0.29) is 18.3 Å². The predicted molar refractivity (Wildman–Crippen MR) is 83.4 cm³/mol. The molecule has 0 unspecified atom stereocenters. The zero-order valence-electron chi connectivity index (χ0n) is 10.6. The topological polar surface area (TPSA) is 51.5 Å². The second-order valence-corrected chi connectivity index (χ2v) is 5.35. The average molecular weight is 356 g/mol. The fraction of sp³-hybridized carbons (Fsp3) is 0.214. The van der Waals surface area contributed by atoms with E-state index in [2.05, 4.69) is 33.9 Å². The molecule has 1 aromatic heterocycles. The van der Waals surface area contributed by atoms with Crippen LogP contribution < -0.4 is 10.1 Å². The summed E-state index contributed by atoms with van der Waals surface area (Å²) in [5.41, 5.74) is 0. The number of carbonyl (C=O) groups is 1. The van der Waals surface area contributed by atoms with Crippen molar-refractivity contribution in [1.82, 2.24) is 5.32 Å². The molecule has 0 atom stereocenters. The molecule has 0 saturated carbocycles. The van der Waals surface area contributed by atoms with Crippen LogP contribution in [0.1, 0.15) is 16.3 Å². The highest BCUT2D eigenvalue weighted by Crippen LogP contribution is 2.18. The van der Waals surface area contributed by atoms with Crippen LogP contribution in [0.15, 0.2) is 45.3 Å². The number of hydrogen-bond donors (Lipinski definition) is 2. The lowest BCUT2D eigenvalue weighted by atomic mass is 10.3. The van der Waals surface area contributed by atoms with Gasteiger partial charge in [-0.3, -0.25) is 4.79 Å². The summed E-state index contributed by atoms with van der Waals surface area (Å²) in [4.78, 5) is 11.6. The fourth-order valence-corrected chi connectivity index (χ4v) is 1.90. The predicted octanol–water partition coefficient (Wildman–Crippen LogP) is 3.28. The molecule has 0 aliphatic heterocycles. The Morgan fingerprint density at radius 3 is 2.70 bits per heavy atom. The van der Waals surface area contributed by atoms with Gasteiger partial charge in [-0.05, 0) is 36.4 Å². The van der Waals surface area contributed by atoms with Gasteiger partial charge in [-0.1, -0.05) is 15.9 Å². The fourth-order valence-electron chi connectivity index (χ4n) is 1.52. The summed E-state index contributed by atoms with van der Waals surface area (Å²) >= 11 is 7.38. The summed E-state index contributed by atoms with van der Waals surface area (Å²) < 4.78 is 12.0. The van der Waals surface area contributed by atoms with Crippen molar-refractivity contribution in [3.05, 3.63) is 52.4 Å². The maximum Gasteiger partial charge on any atom is 0.287 e. The van der Waals surface area contributed by atoms with Crippen LogP contribution in [-0.4, -0.2) is 18.2 Å². The number of carbonyl (C=O) groups excluding carboxylic acids is 1. The van der Waals surface area contributed by atoms with Crippen LogP contribution in [0.2, 0.25) is 0 Å². The third-order valence-corrected chi connectivity index (χ3v) is 3.23. The van der Waals surface area contributed by atoms with Crippen molar-refractivity contribution < 1.29 is 13.9 Å². The van der Waals surface area contributed by atoms with E-state index in [1.54, 1.807) is 12.1 Å². The zero-order valence-corrected chi connectivity index (χ0v) is 13.1. The third kappa shape index (κ3) is 4.31. The Balaban J connectivity index is 1.89. The quantitative estimate of drug-likeness (QED) is 0.781. The Hall–Kier alpha value is -1.40. The zero-order chi connectivity index (χ0) is 14.4. The molecule has 20 heavy (non-hydrogen) atoms. The first kappa shape index (κ1) is 15.0. The normalized spacial score (nSPS) is 10.3. The molecule has 0 aliphatic carbocycles. The number of ether oxygens (including phenoxy) is 1. The number of thiol groups is 1. The Morgan fingerprint density at radius 1 is 1.25 bits per heavy atom. The molecule has 0 bridgehead atoms. The van der Waals surface area contributed by atoms with Gasteiger partial charge in [-0.15, -0.1) is 0 Å². The first-order valence-electron chi connectivity index (χ1n) is 6.05. The van der Waals surface area contributed by atoms with Gasteiger partial charge in [0.15, 0.2) is 5.76 Å². The van der Waals surface area contributed by atoms with E-state index in [0.717, 1.165) is 10.2 Å². The van der Waals surface area contributed by atoms with E-state index in [4.69, 9.17) is 9.15 Å². The molecule has 0 fully saturated rings. The third-order valence-electron chi connectivity index (χ3n) is 2.48. The Bertz CT molecular complexity index is 568. The summed E-state index contributed by atoms with van der Waals surface area (Å²) in [7, 11) is 0. The second-order valence-electron chi connectivity index (χ2n) is 3.99. The van der Waals surface area contributed by atoms with Crippen molar-refractivity contribution in [1.29, 1.82) is 0 Å². The molecule has 1 aromatic carbocycles. The molecule has 0 radical (unpaired) electrons. The smallest absolute Gasteiger partial charge is 0.287 e. The van der Waals surface area contributed by atoms with Crippen molar-refractivity contribution in [2.75, 3.05) is 12.3 Å². The van der Waals surface area contributed by atoms with Crippen LogP contribution in [0.5, 0.6) is 5.75 Å². The number of nitrogens with one attached hydrogen (secondary N) is 1. The number of benzene rings is 1. The Labute approximate surface area is 131 Å². The Kier molecular flexibility index (Phi) is 5.55. The minimum absolute atomic E-state index is 0.242. The van der Waals surface area contributed by atoms with Gasteiger partial charge in [0, 0.05) is 16.8 Å². The minimum Gasteiger partial charge on any atom is -0.486 e. The highest BCUT2D eigenvalue weighted by Gasteiger charge is 2.10. The van der Waals surface area contributed by atoms with Crippen molar-refractivity contribution in [3.63, 3.8) is 0 Å². The van der Waals surface area contributed by atoms with Crippen molar-refractivity contribution >= 4 is 34.5 Å². The van der Waals surface area contributed by atoms with Gasteiger partial charge in [-0.25, -0.2) is 0 Å². The van der Waals surface area contributed by atoms with Gasteiger partial charge >= 0.3 is 0 Å². The molecule has 1 amide bonds. The number of halogens is 1. The molecule has 1 N–H and O–H groups in total. The SMILES string of the molecule is O=C(NCCS)c1ccc(COc2ccc(Br)cc2)o1. The molecule has 0 aliphatic rings. The van der Waals surface area contributed by atoms with E-state index in [0.29, 0.717) is 18.1 Å². The minimum atomic E-state index is -0.242. The maximum absolute atomic E-state index is 11.6. The van der Waals surface area contributed by atoms with Crippen LogP contribution in [0.3, 0.4) is 0 Å². The van der Waals surface area contributed by atoms with Gasteiger partial charge in [-0.2, -0.15) is 12.6 Å². The number of hydrogen-bond acceptors (Lipinski definition) is 4. The van der Waals surface area contributed by atoms with E-state index in [1.807, 2.05) is 24.3 Å². The van der Waals surface area contributed by atoms with E-state index >= 15 is 0 Å².